The maximum absolute atomic E-state index is 5.42. The normalized spacial score (nSPS) is 11.5. The summed E-state index contributed by atoms with van der Waals surface area (Å²) in [5.41, 5.74) is 0. The molecule has 0 bridgehead atoms. The Morgan fingerprint density at radius 2 is 0.955 bits per heavy atom. The van der Waals surface area contributed by atoms with E-state index in [1.165, 1.54) is 0 Å². The molecule has 0 aromatic rings. The third kappa shape index (κ3) is 19.8. The molecular weight excluding hydrogens is 286 g/mol. The van der Waals surface area contributed by atoms with Gasteiger partial charge in [0.1, 0.15) is 0 Å². The van der Waals surface area contributed by atoms with Gasteiger partial charge in [-0.3, -0.25) is 0 Å². The molecule has 0 spiro atoms. The Morgan fingerprint density at radius 1 is 0.591 bits per heavy atom. The first-order valence-electron chi connectivity index (χ1n) is 8.39. The summed E-state index contributed by atoms with van der Waals surface area (Å²) >= 11 is 0. The molecule has 0 aromatic heterocycles. The van der Waals surface area contributed by atoms with Gasteiger partial charge in [0.15, 0.2) is 0 Å². The van der Waals surface area contributed by atoms with E-state index in [4.69, 9.17) is 23.7 Å². The molecule has 134 valence electrons. The Bertz CT molecular complexity index is 205. The lowest BCUT2D eigenvalue weighted by Gasteiger charge is -2.09. The van der Waals surface area contributed by atoms with Gasteiger partial charge in [-0.25, -0.2) is 0 Å². The minimum atomic E-state index is 0.504. The smallest absolute Gasteiger partial charge is 0.0701 e. The van der Waals surface area contributed by atoms with Gasteiger partial charge in [-0.2, -0.15) is 0 Å². The molecule has 0 saturated carbocycles. The zero-order valence-corrected chi connectivity index (χ0v) is 14.6. The van der Waals surface area contributed by atoms with Crippen molar-refractivity contribution in [1.29, 1.82) is 0 Å². The van der Waals surface area contributed by atoms with Crippen LogP contribution in [0.3, 0.4) is 0 Å². The van der Waals surface area contributed by atoms with Crippen molar-refractivity contribution in [3.05, 3.63) is 0 Å². The minimum Gasteiger partial charge on any atom is -0.379 e. The predicted octanol–water partition coefficient (Wildman–Crippen LogP) is 1.48. The van der Waals surface area contributed by atoms with Crippen LogP contribution in [0.1, 0.15) is 27.2 Å². The van der Waals surface area contributed by atoms with Crippen LogP contribution in [0, 0.1) is 0 Å². The van der Waals surface area contributed by atoms with E-state index in [-0.39, 0.29) is 0 Å². The fourth-order valence-electron chi connectivity index (χ4n) is 1.55. The Labute approximate surface area is 135 Å². The molecule has 0 aliphatic carbocycles. The summed E-state index contributed by atoms with van der Waals surface area (Å²) < 4.78 is 26.9. The van der Waals surface area contributed by atoms with E-state index >= 15 is 0 Å². The second-order valence-corrected chi connectivity index (χ2v) is 5.17. The van der Waals surface area contributed by atoms with Crippen LogP contribution in [0.5, 0.6) is 0 Å². The van der Waals surface area contributed by atoms with E-state index in [1.807, 2.05) is 0 Å². The molecule has 0 aromatic carbocycles. The fourth-order valence-corrected chi connectivity index (χ4v) is 1.55. The van der Waals surface area contributed by atoms with Crippen molar-refractivity contribution < 1.29 is 23.7 Å². The van der Waals surface area contributed by atoms with Crippen molar-refractivity contribution in [2.24, 2.45) is 0 Å². The Balaban J connectivity index is 2.94. The fraction of sp³-hybridized carbons (Fsp3) is 1.00. The van der Waals surface area contributed by atoms with E-state index < -0.39 is 0 Å². The van der Waals surface area contributed by atoms with E-state index in [2.05, 4.69) is 26.1 Å². The molecule has 0 aliphatic heterocycles. The van der Waals surface area contributed by atoms with Gasteiger partial charge in [-0.1, -0.05) is 20.8 Å². The Hall–Kier alpha value is -0.240. The molecule has 0 atom stereocenters. The highest BCUT2D eigenvalue weighted by atomic mass is 16.6. The van der Waals surface area contributed by atoms with Gasteiger partial charge in [0, 0.05) is 19.2 Å². The van der Waals surface area contributed by atoms with Gasteiger partial charge in [-0.15, -0.1) is 0 Å². The van der Waals surface area contributed by atoms with Gasteiger partial charge in [-0.05, 0) is 6.42 Å². The zero-order chi connectivity index (χ0) is 16.3. The average Bonchev–Trinajstić information content (AvgIpc) is 2.50. The maximum Gasteiger partial charge on any atom is 0.0701 e. The third-order valence-electron chi connectivity index (χ3n) is 2.64. The van der Waals surface area contributed by atoms with Crippen molar-refractivity contribution in [2.75, 3.05) is 72.6 Å². The molecule has 0 saturated heterocycles. The topological polar surface area (TPSA) is 58.2 Å². The third-order valence-corrected chi connectivity index (χ3v) is 2.64. The SMILES string of the molecule is CCCOCCOCCOCCOCCOCCNC(C)C. The lowest BCUT2D eigenvalue weighted by Crippen LogP contribution is -2.27. The van der Waals surface area contributed by atoms with Gasteiger partial charge in [0.25, 0.3) is 0 Å². The van der Waals surface area contributed by atoms with Crippen LogP contribution in [-0.2, 0) is 23.7 Å². The number of nitrogens with one attached hydrogen (secondary N) is 1. The van der Waals surface area contributed by atoms with E-state index in [9.17, 15) is 0 Å². The number of hydrogen-bond donors (Lipinski definition) is 1. The lowest BCUT2D eigenvalue weighted by molar-refractivity contribution is -0.0108. The monoisotopic (exact) mass is 321 g/mol. The maximum atomic E-state index is 5.42. The Morgan fingerprint density at radius 3 is 1.32 bits per heavy atom. The first kappa shape index (κ1) is 21.8. The second kappa shape index (κ2) is 18.8. The lowest BCUT2D eigenvalue weighted by atomic mass is 10.4. The van der Waals surface area contributed by atoms with E-state index in [0.29, 0.717) is 58.9 Å². The van der Waals surface area contributed by atoms with Crippen molar-refractivity contribution in [1.82, 2.24) is 5.32 Å². The number of rotatable bonds is 18. The standard InChI is InChI=1S/C16H35NO5/c1-4-6-18-8-10-20-12-14-22-15-13-21-11-9-19-7-5-17-16(2)3/h16-17H,4-15H2,1-3H3. The summed E-state index contributed by atoms with van der Waals surface area (Å²) in [5.74, 6) is 0. The summed E-state index contributed by atoms with van der Waals surface area (Å²) in [6.45, 7) is 13.6. The van der Waals surface area contributed by atoms with Crippen molar-refractivity contribution in [3.8, 4) is 0 Å². The largest absolute Gasteiger partial charge is 0.379 e. The molecule has 0 amide bonds. The van der Waals surface area contributed by atoms with Crippen molar-refractivity contribution in [3.63, 3.8) is 0 Å². The summed E-state index contributed by atoms with van der Waals surface area (Å²) in [5, 5.41) is 3.29. The molecule has 0 heterocycles. The molecule has 0 unspecified atom stereocenters. The molecule has 6 nitrogen and oxygen atoms in total. The van der Waals surface area contributed by atoms with Crippen LogP contribution in [0.25, 0.3) is 0 Å². The van der Waals surface area contributed by atoms with Gasteiger partial charge in [0.05, 0.1) is 59.5 Å². The van der Waals surface area contributed by atoms with E-state index in [1.54, 1.807) is 0 Å². The Kier molecular flexibility index (Phi) is 18.6. The summed E-state index contributed by atoms with van der Waals surface area (Å²) in [4.78, 5) is 0. The van der Waals surface area contributed by atoms with Crippen LogP contribution in [0.15, 0.2) is 0 Å². The number of hydrogen-bond acceptors (Lipinski definition) is 6. The van der Waals surface area contributed by atoms with Gasteiger partial charge >= 0.3 is 0 Å². The van der Waals surface area contributed by atoms with Gasteiger partial charge in [0.2, 0.25) is 0 Å². The highest BCUT2D eigenvalue weighted by molar-refractivity contribution is 4.50. The molecular formula is C16H35NO5. The molecule has 6 heteroatoms. The molecule has 0 fully saturated rings. The first-order chi connectivity index (χ1) is 10.8. The molecule has 22 heavy (non-hydrogen) atoms. The second-order valence-electron chi connectivity index (χ2n) is 5.17. The van der Waals surface area contributed by atoms with Crippen molar-refractivity contribution >= 4 is 0 Å². The molecule has 0 radical (unpaired) electrons. The number of ether oxygens (including phenoxy) is 5. The average molecular weight is 321 g/mol. The minimum absolute atomic E-state index is 0.504. The molecule has 1 N–H and O–H groups in total. The first-order valence-corrected chi connectivity index (χ1v) is 8.39. The van der Waals surface area contributed by atoms with E-state index in [0.717, 1.165) is 26.2 Å². The molecule has 0 aliphatic rings. The zero-order valence-electron chi connectivity index (χ0n) is 14.6. The van der Waals surface area contributed by atoms with Crippen LogP contribution < -0.4 is 5.32 Å². The van der Waals surface area contributed by atoms with Crippen LogP contribution in [-0.4, -0.2) is 78.7 Å². The summed E-state index contributed by atoms with van der Waals surface area (Å²) in [6, 6.07) is 0.504. The van der Waals surface area contributed by atoms with Crippen LogP contribution in [0.2, 0.25) is 0 Å². The van der Waals surface area contributed by atoms with Crippen LogP contribution in [0.4, 0.5) is 0 Å². The highest BCUT2D eigenvalue weighted by Crippen LogP contribution is 1.85. The summed E-state index contributed by atoms with van der Waals surface area (Å²) in [7, 11) is 0. The van der Waals surface area contributed by atoms with Crippen LogP contribution >= 0.6 is 0 Å². The summed E-state index contributed by atoms with van der Waals surface area (Å²) in [6.07, 6.45) is 1.04. The quantitative estimate of drug-likeness (QED) is 0.386. The molecule has 0 rings (SSSR count). The van der Waals surface area contributed by atoms with Crippen molar-refractivity contribution in [2.45, 2.75) is 33.2 Å². The highest BCUT2D eigenvalue weighted by Gasteiger charge is 1.94. The predicted molar refractivity (Wildman–Crippen MR) is 87.5 cm³/mol. The van der Waals surface area contributed by atoms with Gasteiger partial charge < -0.3 is 29.0 Å².